The maximum absolute atomic E-state index is 12.3. The van der Waals surface area contributed by atoms with Gasteiger partial charge in [-0.15, -0.1) is 0 Å². The molecule has 3 amide bonds. The fourth-order valence-electron chi connectivity index (χ4n) is 3.36. The highest BCUT2D eigenvalue weighted by Crippen LogP contribution is 2.46. The van der Waals surface area contributed by atoms with Crippen LogP contribution in [0.2, 0.25) is 35.2 Å². The van der Waals surface area contributed by atoms with Crippen molar-refractivity contribution in [2.75, 3.05) is 6.61 Å². The predicted molar refractivity (Wildman–Crippen MR) is 163 cm³/mol. The molecule has 0 atom stereocenters. The van der Waals surface area contributed by atoms with Crippen LogP contribution < -0.4 is 0 Å². The molecule has 0 aromatic heterocycles. The Morgan fingerprint density at radius 2 is 1.12 bits per heavy atom. The number of nitrogens with zero attached hydrogens (tertiary/aromatic N) is 2. The Kier molecular flexibility index (Phi) is 12.0. The zero-order valence-electron chi connectivity index (χ0n) is 22.6. The number of halogens is 7. The first-order valence-electron chi connectivity index (χ1n) is 11.8. The van der Waals surface area contributed by atoms with Gasteiger partial charge in [0.15, 0.2) is 0 Å². The zero-order valence-corrected chi connectivity index (χ0v) is 27.9. The Labute approximate surface area is 276 Å². The molecule has 0 unspecified atom stereocenters. The van der Waals surface area contributed by atoms with E-state index in [9.17, 15) is 24.4 Å². The SMILES string of the molecule is C=C1c2c(C)c(Cl)c(Cl)c(Cl)c2C(=O)N1O.CC(C)(CO)C(=O)ON1C(=O)c2c(Cl)c(Cl)c(Cl)c(Cl)c2C1=O.CCC. The van der Waals surface area contributed by atoms with Crippen molar-refractivity contribution in [3.05, 3.63) is 69.6 Å². The number of hydroxylamine groups is 4. The number of benzene rings is 2. The quantitative estimate of drug-likeness (QED) is 0.141. The van der Waals surface area contributed by atoms with Gasteiger partial charge in [-0.05, 0) is 26.3 Å². The molecule has 9 nitrogen and oxygen atoms in total. The molecule has 0 spiro atoms. The highest BCUT2D eigenvalue weighted by Gasteiger charge is 2.46. The van der Waals surface area contributed by atoms with E-state index in [4.69, 9.17) is 91.2 Å². The van der Waals surface area contributed by atoms with Gasteiger partial charge in [0.05, 0.1) is 69.6 Å². The summed E-state index contributed by atoms with van der Waals surface area (Å²) in [5.41, 5.74) is -0.624. The lowest BCUT2D eigenvalue weighted by atomic mass is 9.96. The molecule has 2 aliphatic rings. The van der Waals surface area contributed by atoms with Gasteiger partial charge in [0.25, 0.3) is 17.7 Å². The molecule has 42 heavy (non-hydrogen) atoms. The summed E-state index contributed by atoms with van der Waals surface area (Å²) in [6, 6.07) is 0. The normalized spacial score (nSPS) is 13.9. The van der Waals surface area contributed by atoms with E-state index >= 15 is 0 Å². The van der Waals surface area contributed by atoms with Gasteiger partial charge in [-0.25, -0.2) is 4.79 Å². The summed E-state index contributed by atoms with van der Waals surface area (Å²) in [4.78, 5) is 53.0. The lowest BCUT2D eigenvalue weighted by molar-refractivity contribution is -0.181. The zero-order chi connectivity index (χ0) is 32.6. The second-order valence-electron chi connectivity index (χ2n) is 9.42. The largest absolute Gasteiger partial charge is 0.395 e. The van der Waals surface area contributed by atoms with Crippen molar-refractivity contribution in [2.45, 2.75) is 41.0 Å². The molecule has 0 aliphatic carbocycles. The van der Waals surface area contributed by atoms with Gasteiger partial charge < -0.3 is 9.94 Å². The number of hydrogen-bond acceptors (Lipinski definition) is 7. The van der Waals surface area contributed by atoms with Gasteiger partial charge in [-0.2, -0.15) is 5.06 Å². The number of aliphatic hydroxyl groups excluding tert-OH is 1. The first-order valence-corrected chi connectivity index (χ1v) is 14.5. The van der Waals surface area contributed by atoms with E-state index in [1.54, 1.807) is 6.92 Å². The summed E-state index contributed by atoms with van der Waals surface area (Å²) < 4.78 is 0. The fraction of sp³-hybridized carbons (Fsp3) is 0.308. The molecule has 0 saturated heterocycles. The molecule has 0 bridgehead atoms. The fourth-order valence-corrected chi connectivity index (χ4v) is 5.11. The maximum atomic E-state index is 12.3. The summed E-state index contributed by atoms with van der Waals surface area (Å²) in [5.74, 6) is -3.64. The molecule has 2 heterocycles. The number of rotatable bonds is 3. The summed E-state index contributed by atoms with van der Waals surface area (Å²) in [6.45, 7) is 11.7. The van der Waals surface area contributed by atoms with E-state index in [0.717, 1.165) is 0 Å². The van der Waals surface area contributed by atoms with Crippen LogP contribution in [-0.4, -0.2) is 50.7 Å². The third-order valence-corrected chi connectivity index (χ3v) is 8.92. The molecule has 16 heteroatoms. The van der Waals surface area contributed by atoms with Crippen molar-refractivity contribution in [3.8, 4) is 0 Å². The van der Waals surface area contributed by atoms with Crippen molar-refractivity contribution in [1.29, 1.82) is 0 Å². The van der Waals surface area contributed by atoms with E-state index in [1.807, 2.05) is 0 Å². The standard InChI is InChI=1S/C13H9Cl4NO5.C10H6Cl3NO2.C3H8/c1-13(2,3-19)12(22)23-18-10(20)4-5(11(18)21)7(15)9(17)8(16)6(4)14;1-3-5-4(2)14(16)10(15)6(5)8(12)9(13)7(3)11;1-3-2/h19H,3H2,1-2H3;16H,2H2,1H3;3H2,1-2H3. The summed E-state index contributed by atoms with van der Waals surface area (Å²) >= 11 is 41.4. The Hall–Kier alpha value is -1.79. The summed E-state index contributed by atoms with van der Waals surface area (Å²) in [6.07, 6.45) is 1.25. The van der Waals surface area contributed by atoms with Gasteiger partial charge in [0.2, 0.25) is 0 Å². The summed E-state index contributed by atoms with van der Waals surface area (Å²) in [5, 5.41) is 18.7. The minimum Gasteiger partial charge on any atom is -0.395 e. The van der Waals surface area contributed by atoms with Gasteiger partial charge >= 0.3 is 5.97 Å². The molecule has 2 N–H and O–H groups in total. The van der Waals surface area contributed by atoms with Crippen LogP contribution in [0.25, 0.3) is 5.70 Å². The Morgan fingerprint density at radius 1 is 0.762 bits per heavy atom. The van der Waals surface area contributed by atoms with Gasteiger partial charge in [-0.3, -0.25) is 19.6 Å². The van der Waals surface area contributed by atoms with Crippen LogP contribution in [0.4, 0.5) is 0 Å². The molecule has 4 rings (SSSR count). The smallest absolute Gasteiger partial charge is 0.341 e. The molecule has 228 valence electrons. The number of amides is 3. The van der Waals surface area contributed by atoms with Crippen molar-refractivity contribution < 1.29 is 34.3 Å². The van der Waals surface area contributed by atoms with E-state index in [2.05, 4.69) is 20.4 Å². The molecule has 0 radical (unpaired) electrons. The topological polar surface area (TPSA) is 124 Å². The Balaban J connectivity index is 0.000000282. The number of fused-ring (bicyclic) bond motifs is 2. The van der Waals surface area contributed by atoms with Crippen molar-refractivity contribution in [2.24, 2.45) is 5.41 Å². The number of aliphatic hydroxyl groups is 1. The maximum Gasteiger partial charge on any atom is 0.341 e. The van der Waals surface area contributed by atoms with Crippen LogP contribution in [0.1, 0.15) is 76.3 Å². The molecule has 2 aliphatic heterocycles. The highest BCUT2D eigenvalue weighted by molar-refractivity contribution is 6.55. The van der Waals surface area contributed by atoms with Crippen LogP contribution >= 0.6 is 81.2 Å². The predicted octanol–water partition coefficient (Wildman–Crippen LogP) is 8.56. The average molecular weight is 724 g/mol. The minimum absolute atomic E-state index is 0.0370. The molecule has 0 fully saturated rings. The number of hydrogen-bond donors (Lipinski definition) is 2. The van der Waals surface area contributed by atoms with Crippen LogP contribution in [0, 0.1) is 12.3 Å². The first kappa shape index (κ1) is 36.4. The van der Waals surface area contributed by atoms with Crippen LogP contribution in [0.5, 0.6) is 0 Å². The molecular formula is C26H23Cl7N2O7. The molecule has 0 saturated carbocycles. The minimum atomic E-state index is -1.32. The first-order chi connectivity index (χ1) is 19.3. The van der Waals surface area contributed by atoms with Crippen LogP contribution in [0.15, 0.2) is 6.58 Å². The van der Waals surface area contributed by atoms with Crippen molar-refractivity contribution >= 4 is 111 Å². The monoisotopic (exact) mass is 720 g/mol. The average Bonchev–Trinajstić information content (AvgIpc) is 3.33. The van der Waals surface area contributed by atoms with Crippen LogP contribution in [-0.2, 0) is 9.63 Å². The molecule has 2 aromatic rings. The number of carbonyl (C=O) groups excluding carboxylic acids is 4. The van der Waals surface area contributed by atoms with Gasteiger partial charge in [-0.1, -0.05) is 113 Å². The number of imide groups is 1. The van der Waals surface area contributed by atoms with Crippen molar-refractivity contribution in [1.82, 2.24) is 10.1 Å². The van der Waals surface area contributed by atoms with E-state index in [0.29, 0.717) is 16.2 Å². The highest BCUT2D eigenvalue weighted by atomic mass is 35.5. The second-order valence-corrected chi connectivity index (χ2v) is 12.1. The van der Waals surface area contributed by atoms with E-state index < -0.39 is 35.7 Å². The third-order valence-electron chi connectivity index (χ3n) is 5.70. The lowest BCUT2D eigenvalue weighted by Crippen LogP contribution is -2.39. The third kappa shape index (κ3) is 6.36. The van der Waals surface area contributed by atoms with Crippen molar-refractivity contribution in [3.63, 3.8) is 0 Å². The lowest BCUT2D eigenvalue weighted by Gasteiger charge is -2.22. The number of carbonyl (C=O) groups is 4. The molecule has 2 aromatic carbocycles. The Morgan fingerprint density at radius 3 is 1.50 bits per heavy atom. The Bertz CT molecular complexity index is 1430. The van der Waals surface area contributed by atoms with Gasteiger partial charge in [0.1, 0.15) is 0 Å². The second kappa shape index (κ2) is 13.9. The van der Waals surface area contributed by atoms with E-state index in [-0.39, 0.29) is 62.6 Å². The van der Waals surface area contributed by atoms with E-state index in [1.165, 1.54) is 20.3 Å². The van der Waals surface area contributed by atoms with Crippen LogP contribution in [0.3, 0.4) is 0 Å². The van der Waals surface area contributed by atoms with Gasteiger partial charge in [0, 0.05) is 5.56 Å². The molecular weight excluding hydrogens is 700 g/mol. The summed E-state index contributed by atoms with van der Waals surface area (Å²) in [7, 11) is 0.